The van der Waals surface area contributed by atoms with Crippen molar-refractivity contribution in [2.75, 3.05) is 13.2 Å². The highest BCUT2D eigenvalue weighted by Gasteiger charge is 2.41. The monoisotopic (exact) mass is 1060 g/mol. The molecule has 8 atom stereocenters. The Morgan fingerprint density at radius 2 is 1.01 bits per heavy atom. The average Bonchev–Trinajstić information content (AvgIpc) is 3.84. The molecule has 19 N–H and O–H groups in total. The van der Waals surface area contributed by atoms with Crippen molar-refractivity contribution >= 4 is 70.9 Å². The fourth-order valence-corrected chi connectivity index (χ4v) is 8.16. The number of rotatable bonds is 37. The molecule has 1 saturated heterocycles. The summed E-state index contributed by atoms with van der Waals surface area (Å²) in [6.45, 7) is 0.992. The van der Waals surface area contributed by atoms with Crippen LogP contribution in [-0.2, 0) is 64.0 Å². The lowest BCUT2D eigenvalue weighted by molar-refractivity contribution is -0.144. The van der Waals surface area contributed by atoms with Gasteiger partial charge in [0.1, 0.15) is 48.0 Å². The molecule has 0 unspecified atom stereocenters. The van der Waals surface area contributed by atoms with Gasteiger partial charge in [0, 0.05) is 19.4 Å². The number of likely N-dealkylation sites (tertiary alicyclic amines) is 1. The number of aromatic hydroxyl groups is 1. The van der Waals surface area contributed by atoms with Crippen LogP contribution < -0.4 is 60.6 Å². The number of nitrogens with two attached hydrogens (primary N) is 5. The lowest BCUT2D eigenvalue weighted by atomic mass is 10.0. The third-order valence-electron chi connectivity index (χ3n) is 12.3. The third kappa shape index (κ3) is 24.0. The van der Waals surface area contributed by atoms with Gasteiger partial charge >= 0.3 is 5.97 Å². The maximum Gasteiger partial charge on any atom is 0.328 e. The largest absolute Gasteiger partial charge is 0.508 e. The van der Waals surface area contributed by atoms with E-state index in [9.17, 15) is 72.9 Å². The SMILES string of the molecule is CCCCCCCCCCCC[C@H](N)C(=O)N[C@@H](CC(N)=O)C(=O)N[C@H](Cc1ccc(O)cc1)C(=O)N[C@H](CC(N)=O)C(=O)N[C@@H](CCC(N)=O)C(=O)N1CCC[C@H]1C(=O)N[C@H](CC(N)=O)C(=O)N[C@@H](CO)C(=O)O. The number of unbranched alkanes of at least 4 members (excludes halogenated alkanes) is 9. The maximum atomic E-state index is 14.2. The van der Waals surface area contributed by atoms with Gasteiger partial charge in [0.2, 0.25) is 65.0 Å². The summed E-state index contributed by atoms with van der Waals surface area (Å²) in [7, 11) is 0. The van der Waals surface area contributed by atoms with Crippen LogP contribution in [0.1, 0.15) is 128 Å². The predicted octanol–water partition coefficient (Wildman–Crippen LogP) is -3.56. The Morgan fingerprint density at radius 3 is 1.49 bits per heavy atom. The summed E-state index contributed by atoms with van der Waals surface area (Å²) in [6, 6.07) is -7.49. The number of nitrogens with one attached hydrogen (secondary N) is 6. The second-order valence-corrected chi connectivity index (χ2v) is 18.5. The van der Waals surface area contributed by atoms with E-state index in [2.05, 4.69) is 33.5 Å². The van der Waals surface area contributed by atoms with Crippen LogP contribution in [0.25, 0.3) is 0 Å². The zero-order chi connectivity index (χ0) is 56.2. The second-order valence-electron chi connectivity index (χ2n) is 18.5. The molecule has 1 aliphatic rings. The van der Waals surface area contributed by atoms with Crippen LogP contribution in [-0.4, -0.2) is 153 Å². The van der Waals surface area contributed by atoms with Gasteiger partial charge in [0.25, 0.3) is 0 Å². The zero-order valence-corrected chi connectivity index (χ0v) is 42.4. The lowest BCUT2D eigenvalue weighted by Crippen LogP contribution is -2.61. The Labute approximate surface area is 434 Å². The van der Waals surface area contributed by atoms with Crippen LogP contribution in [0, 0.1) is 0 Å². The Kier molecular flexibility index (Phi) is 28.4. The molecule has 0 aliphatic carbocycles. The Bertz CT molecular complexity index is 2150. The first-order chi connectivity index (χ1) is 35.5. The minimum atomic E-state index is -1.89. The van der Waals surface area contributed by atoms with E-state index in [1.165, 1.54) is 49.9 Å². The number of carboxylic acid groups (broad SMARTS) is 1. The summed E-state index contributed by atoms with van der Waals surface area (Å²) in [5.74, 6) is -13.3. The van der Waals surface area contributed by atoms with Crippen LogP contribution in [0.15, 0.2) is 24.3 Å². The molecule has 75 heavy (non-hydrogen) atoms. The Morgan fingerprint density at radius 1 is 0.573 bits per heavy atom. The number of hydrogen-bond donors (Lipinski definition) is 14. The highest BCUT2D eigenvalue weighted by Crippen LogP contribution is 2.21. The summed E-state index contributed by atoms with van der Waals surface area (Å²) in [4.78, 5) is 157. The van der Waals surface area contributed by atoms with Gasteiger partial charge in [-0.15, -0.1) is 0 Å². The molecule has 27 heteroatoms. The van der Waals surface area contributed by atoms with Crippen molar-refractivity contribution in [1.29, 1.82) is 0 Å². The van der Waals surface area contributed by atoms with Gasteiger partial charge in [-0.1, -0.05) is 83.3 Å². The zero-order valence-electron chi connectivity index (χ0n) is 42.4. The van der Waals surface area contributed by atoms with E-state index in [4.69, 9.17) is 28.7 Å². The number of carbonyl (C=O) groups excluding carboxylic acids is 11. The van der Waals surface area contributed by atoms with Crippen LogP contribution in [0.5, 0.6) is 5.75 Å². The standard InChI is InChI=1S/C48H76N12O15/c1-2-3-4-5-6-7-8-9-10-11-13-29(49)41(67)55-32(23-38(51)64)44(70)56-31(22-27-15-17-28(62)18-16-27)42(68)57-33(24-39(52)65)43(69)54-30(19-20-37(50)63)47(73)60-21-12-14-36(60)46(72)58-34(25-40(53)66)45(71)59-35(26-61)48(74)75/h15-18,29-36,61-62H,2-14,19-26,49H2,1H3,(H2,50,63)(H2,51,64)(H2,52,65)(H2,53,66)(H,54,69)(H,55,67)(H,56,70)(H,57,68)(H,58,72)(H,59,71)(H,74,75)/t29-,30-,31+,32-,33+,34+,35-,36-/m0/s1. The van der Waals surface area contributed by atoms with Crippen molar-refractivity contribution in [3.05, 3.63) is 29.8 Å². The number of phenolic OH excluding ortho intramolecular Hbond substituents is 1. The molecule has 0 spiro atoms. The van der Waals surface area contributed by atoms with Gasteiger partial charge in [0.05, 0.1) is 31.9 Å². The van der Waals surface area contributed by atoms with Crippen molar-refractivity contribution in [2.45, 2.75) is 177 Å². The van der Waals surface area contributed by atoms with Gasteiger partial charge in [-0.3, -0.25) is 52.7 Å². The minimum absolute atomic E-state index is 0.0297. The predicted molar refractivity (Wildman–Crippen MR) is 267 cm³/mol. The normalized spacial score (nSPS) is 15.8. The van der Waals surface area contributed by atoms with E-state index in [0.29, 0.717) is 12.0 Å². The van der Waals surface area contributed by atoms with Crippen LogP contribution in [0.3, 0.4) is 0 Å². The molecule has 1 aromatic carbocycles. The third-order valence-corrected chi connectivity index (χ3v) is 12.3. The van der Waals surface area contributed by atoms with Crippen LogP contribution >= 0.6 is 0 Å². The van der Waals surface area contributed by atoms with Crippen molar-refractivity contribution < 1.29 is 72.9 Å². The van der Waals surface area contributed by atoms with Crippen LogP contribution in [0.2, 0.25) is 0 Å². The smallest absolute Gasteiger partial charge is 0.328 e. The number of carboxylic acids is 1. The van der Waals surface area contributed by atoms with Gasteiger partial charge < -0.3 is 80.8 Å². The topological polar surface area (TPSA) is 471 Å². The van der Waals surface area contributed by atoms with E-state index < -0.39 is 158 Å². The molecular weight excluding hydrogens is 985 g/mol. The first-order valence-corrected chi connectivity index (χ1v) is 25.1. The summed E-state index contributed by atoms with van der Waals surface area (Å²) < 4.78 is 0. The summed E-state index contributed by atoms with van der Waals surface area (Å²) >= 11 is 0. The molecule has 0 saturated carbocycles. The van der Waals surface area contributed by atoms with E-state index in [-0.39, 0.29) is 38.0 Å². The first kappa shape index (κ1) is 63.7. The van der Waals surface area contributed by atoms with E-state index in [0.717, 1.165) is 37.0 Å². The van der Waals surface area contributed by atoms with Crippen molar-refractivity contribution in [3.8, 4) is 5.75 Å². The van der Waals surface area contributed by atoms with Crippen molar-refractivity contribution in [3.63, 3.8) is 0 Å². The molecule has 1 aromatic rings. The number of phenols is 1. The highest BCUT2D eigenvalue weighted by molar-refractivity contribution is 6.00. The fraction of sp³-hybridized carbons (Fsp3) is 0.625. The highest BCUT2D eigenvalue weighted by atomic mass is 16.4. The molecule has 27 nitrogen and oxygen atoms in total. The van der Waals surface area contributed by atoms with Gasteiger partial charge in [-0.25, -0.2) is 4.79 Å². The number of carbonyl (C=O) groups is 12. The van der Waals surface area contributed by atoms with E-state index >= 15 is 0 Å². The molecule has 1 fully saturated rings. The van der Waals surface area contributed by atoms with Gasteiger partial charge in [0.15, 0.2) is 0 Å². The molecule has 418 valence electrons. The molecule has 1 aliphatic heterocycles. The van der Waals surface area contributed by atoms with Gasteiger partial charge in [-0.05, 0) is 43.4 Å². The van der Waals surface area contributed by atoms with Crippen molar-refractivity contribution in [2.24, 2.45) is 28.7 Å². The molecule has 0 bridgehead atoms. The van der Waals surface area contributed by atoms with Crippen molar-refractivity contribution in [1.82, 2.24) is 36.8 Å². The number of aliphatic hydroxyl groups is 1. The number of benzene rings is 1. The number of amides is 11. The number of aliphatic hydroxyl groups excluding tert-OH is 1. The summed E-state index contributed by atoms with van der Waals surface area (Å²) in [5.41, 5.74) is 28.1. The lowest BCUT2D eigenvalue weighted by Gasteiger charge is -2.31. The van der Waals surface area contributed by atoms with Gasteiger partial charge in [-0.2, -0.15) is 0 Å². The molecule has 11 amide bonds. The van der Waals surface area contributed by atoms with E-state index in [1.54, 1.807) is 0 Å². The minimum Gasteiger partial charge on any atom is -0.508 e. The quantitative estimate of drug-likeness (QED) is 0.0287. The summed E-state index contributed by atoms with van der Waals surface area (Å²) in [5, 5.41) is 42.3. The Hall–Kier alpha value is -7.42. The van der Waals surface area contributed by atoms with E-state index in [1.807, 2.05) is 5.32 Å². The Balaban J connectivity index is 2.35. The molecule has 1 heterocycles. The number of primary amides is 4. The molecule has 2 rings (SSSR count). The number of aliphatic carboxylic acids is 1. The number of hydrogen-bond acceptors (Lipinski definition) is 15. The molecular formula is C48H76N12O15. The maximum absolute atomic E-state index is 14.2. The molecule has 0 radical (unpaired) electrons. The fourth-order valence-electron chi connectivity index (χ4n) is 8.16. The number of nitrogens with zero attached hydrogens (tertiary/aromatic N) is 1. The van der Waals surface area contributed by atoms with Crippen LogP contribution in [0.4, 0.5) is 0 Å². The average molecular weight is 1060 g/mol. The first-order valence-electron chi connectivity index (χ1n) is 25.1. The second kappa shape index (κ2) is 33.4. The molecule has 0 aromatic heterocycles. The summed E-state index contributed by atoms with van der Waals surface area (Å²) in [6.07, 6.45) is 7.15.